The Morgan fingerprint density at radius 1 is 1.25 bits per heavy atom. The largest absolute Gasteiger partial charge is 0.484 e. The number of thiophene rings is 1. The third-order valence-electron chi connectivity index (χ3n) is 5.54. The summed E-state index contributed by atoms with van der Waals surface area (Å²) in [6.07, 6.45) is 0.830. The predicted molar refractivity (Wildman–Crippen MR) is 122 cm³/mol. The molecule has 32 heavy (non-hydrogen) atoms. The number of amides is 1. The number of anilines is 2. The number of ether oxygens (including phenoxy) is 1. The summed E-state index contributed by atoms with van der Waals surface area (Å²) in [6.45, 7) is 0.672. The van der Waals surface area contributed by atoms with Crippen LogP contribution >= 0.6 is 11.3 Å². The molecular formula is C22H21FN4O3S2. The smallest absolute Gasteiger partial charge is 0.259 e. The van der Waals surface area contributed by atoms with Gasteiger partial charge in [-0.3, -0.25) is 9.00 Å². The Morgan fingerprint density at radius 3 is 2.84 bits per heavy atom. The second kappa shape index (κ2) is 8.25. The number of likely N-dealkylation sites (N-methyl/N-ethyl adjacent to an activating group) is 1. The number of carbonyl (C=O) groups is 1. The maximum atomic E-state index is 13.6. The standard InChI is InChI=1S/C22H21FN4O3S2/c1-26(2)20(28)10-30-14-4-3-13-7-8-27(17(13)9-14)22-15-11-32(29)12-16(15)24-21(25-22)18-5-6-19(23)31-18/h3-6,9H,7-8,10-12H2,1-2H3. The molecule has 5 rings (SSSR count). The van der Waals surface area contributed by atoms with Gasteiger partial charge >= 0.3 is 0 Å². The van der Waals surface area contributed by atoms with E-state index in [2.05, 4.69) is 9.88 Å². The van der Waals surface area contributed by atoms with E-state index in [1.807, 2.05) is 18.2 Å². The van der Waals surface area contributed by atoms with Crippen LogP contribution in [-0.4, -0.2) is 52.2 Å². The number of fused-ring (bicyclic) bond motifs is 2. The molecule has 2 aromatic heterocycles. The minimum atomic E-state index is -1.03. The van der Waals surface area contributed by atoms with E-state index in [0.717, 1.165) is 40.3 Å². The molecule has 0 fully saturated rings. The first-order valence-corrected chi connectivity index (χ1v) is 12.4. The lowest BCUT2D eigenvalue weighted by Crippen LogP contribution is -2.27. The van der Waals surface area contributed by atoms with E-state index in [9.17, 15) is 13.4 Å². The highest BCUT2D eigenvalue weighted by Gasteiger charge is 2.31. The molecule has 0 aliphatic carbocycles. The van der Waals surface area contributed by atoms with Gasteiger partial charge in [0.2, 0.25) is 0 Å². The van der Waals surface area contributed by atoms with Crippen molar-refractivity contribution in [3.05, 3.63) is 52.3 Å². The highest BCUT2D eigenvalue weighted by Crippen LogP contribution is 2.41. The normalized spacial score (nSPS) is 16.7. The lowest BCUT2D eigenvalue weighted by atomic mass is 10.1. The van der Waals surface area contributed by atoms with Gasteiger partial charge in [0.15, 0.2) is 17.6 Å². The van der Waals surface area contributed by atoms with Crippen molar-refractivity contribution < 1.29 is 18.1 Å². The lowest BCUT2D eigenvalue weighted by Gasteiger charge is -2.22. The fourth-order valence-corrected chi connectivity index (χ4v) is 5.79. The minimum absolute atomic E-state index is 0.0399. The van der Waals surface area contributed by atoms with E-state index >= 15 is 0 Å². The predicted octanol–water partition coefficient (Wildman–Crippen LogP) is 3.27. The molecule has 4 heterocycles. The second-order valence-corrected chi connectivity index (χ2v) is 10.4. The van der Waals surface area contributed by atoms with Crippen LogP contribution in [0.15, 0.2) is 30.3 Å². The van der Waals surface area contributed by atoms with Crippen LogP contribution in [0.25, 0.3) is 10.7 Å². The molecule has 0 bridgehead atoms. The van der Waals surface area contributed by atoms with Gasteiger partial charge in [-0.25, -0.2) is 9.97 Å². The van der Waals surface area contributed by atoms with Crippen molar-refractivity contribution in [1.29, 1.82) is 0 Å². The Labute approximate surface area is 191 Å². The fourth-order valence-electron chi connectivity index (χ4n) is 3.86. The number of nitrogens with zero attached hydrogens (tertiary/aromatic N) is 4. The summed E-state index contributed by atoms with van der Waals surface area (Å²) in [5, 5.41) is -0.296. The Morgan fingerprint density at radius 2 is 2.09 bits per heavy atom. The molecule has 0 saturated heterocycles. The molecule has 1 atom stereocenters. The third kappa shape index (κ3) is 3.88. The molecule has 0 radical (unpaired) electrons. The van der Waals surface area contributed by atoms with Crippen molar-refractivity contribution >= 4 is 39.5 Å². The number of benzene rings is 1. The van der Waals surface area contributed by atoms with Gasteiger partial charge in [-0.15, -0.1) is 11.3 Å². The SMILES string of the molecule is CN(C)C(=O)COc1ccc2c(c1)N(c1nc(-c3ccc(F)s3)nc3c1CS(=O)C3)CC2. The number of hydrogen-bond acceptors (Lipinski definition) is 7. The summed E-state index contributed by atoms with van der Waals surface area (Å²) in [5.41, 5.74) is 3.73. The first-order chi connectivity index (χ1) is 15.4. The molecule has 1 amide bonds. The van der Waals surface area contributed by atoms with E-state index in [-0.39, 0.29) is 17.6 Å². The zero-order valence-electron chi connectivity index (χ0n) is 17.6. The monoisotopic (exact) mass is 472 g/mol. The van der Waals surface area contributed by atoms with Crippen LogP contribution in [0.5, 0.6) is 5.75 Å². The van der Waals surface area contributed by atoms with Crippen LogP contribution < -0.4 is 9.64 Å². The maximum absolute atomic E-state index is 13.6. The summed E-state index contributed by atoms with van der Waals surface area (Å²) < 4.78 is 31.7. The molecule has 10 heteroatoms. The Bertz CT molecular complexity index is 1240. The fraction of sp³-hybridized carbons (Fsp3) is 0.318. The average Bonchev–Trinajstić information content (AvgIpc) is 3.48. The number of halogens is 1. The summed E-state index contributed by atoms with van der Waals surface area (Å²) >= 11 is 0.996. The summed E-state index contributed by atoms with van der Waals surface area (Å²) in [5.74, 6) is 2.42. The lowest BCUT2D eigenvalue weighted by molar-refractivity contribution is -0.130. The molecule has 0 spiro atoms. The van der Waals surface area contributed by atoms with Gasteiger partial charge in [-0.1, -0.05) is 6.07 Å². The topological polar surface area (TPSA) is 75.6 Å². The molecule has 1 unspecified atom stereocenters. The van der Waals surface area contributed by atoms with Gasteiger partial charge in [0, 0.05) is 48.8 Å². The Kier molecular flexibility index (Phi) is 5.42. The molecule has 7 nitrogen and oxygen atoms in total. The van der Waals surface area contributed by atoms with Crippen LogP contribution in [0.4, 0.5) is 15.9 Å². The zero-order valence-corrected chi connectivity index (χ0v) is 19.3. The van der Waals surface area contributed by atoms with Gasteiger partial charge in [-0.2, -0.15) is 4.39 Å². The van der Waals surface area contributed by atoms with Crippen molar-refractivity contribution in [3.63, 3.8) is 0 Å². The highest BCUT2D eigenvalue weighted by molar-refractivity contribution is 7.83. The van der Waals surface area contributed by atoms with Gasteiger partial charge in [0.05, 0.1) is 22.1 Å². The van der Waals surface area contributed by atoms with Crippen LogP contribution in [0, 0.1) is 5.13 Å². The van der Waals surface area contributed by atoms with Gasteiger partial charge in [0.25, 0.3) is 5.91 Å². The van der Waals surface area contributed by atoms with Crippen LogP contribution in [0.2, 0.25) is 0 Å². The molecule has 2 aliphatic rings. The first kappa shape index (κ1) is 21.0. The molecule has 0 N–H and O–H groups in total. The molecule has 2 aliphatic heterocycles. The van der Waals surface area contributed by atoms with Crippen molar-refractivity contribution in [3.8, 4) is 16.5 Å². The van der Waals surface area contributed by atoms with E-state index in [4.69, 9.17) is 9.72 Å². The number of rotatable bonds is 5. The molecule has 3 aromatic rings. The molecule has 0 saturated carbocycles. The summed E-state index contributed by atoms with van der Waals surface area (Å²) in [6, 6.07) is 8.85. The van der Waals surface area contributed by atoms with Crippen LogP contribution in [-0.2, 0) is 33.5 Å². The molecular weight excluding hydrogens is 451 g/mol. The van der Waals surface area contributed by atoms with E-state index < -0.39 is 10.8 Å². The Balaban J connectivity index is 1.52. The van der Waals surface area contributed by atoms with Crippen molar-refractivity contribution in [2.75, 3.05) is 32.1 Å². The van der Waals surface area contributed by atoms with Gasteiger partial charge in [0.1, 0.15) is 11.6 Å². The summed E-state index contributed by atoms with van der Waals surface area (Å²) in [4.78, 5) is 25.5. The second-order valence-electron chi connectivity index (χ2n) is 7.90. The van der Waals surface area contributed by atoms with Gasteiger partial charge < -0.3 is 14.5 Å². The van der Waals surface area contributed by atoms with E-state index in [0.29, 0.717) is 40.3 Å². The molecule has 1 aromatic carbocycles. The zero-order chi connectivity index (χ0) is 22.4. The van der Waals surface area contributed by atoms with E-state index in [1.54, 1.807) is 20.2 Å². The first-order valence-electron chi connectivity index (χ1n) is 10.1. The quantitative estimate of drug-likeness (QED) is 0.567. The number of hydrogen-bond donors (Lipinski definition) is 0. The summed E-state index contributed by atoms with van der Waals surface area (Å²) in [7, 11) is 2.34. The van der Waals surface area contributed by atoms with Crippen molar-refractivity contribution in [2.24, 2.45) is 0 Å². The molecule has 166 valence electrons. The van der Waals surface area contributed by atoms with Crippen LogP contribution in [0.3, 0.4) is 0 Å². The maximum Gasteiger partial charge on any atom is 0.259 e. The van der Waals surface area contributed by atoms with Gasteiger partial charge in [-0.05, 0) is 30.2 Å². The van der Waals surface area contributed by atoms with Crippen molar-refractivity contribution in [1.82, 2.24) is 14.9 Å². The van der Waals surface area contributed by atoms with Crippen LogP contribution in [0.1, 0.15) is 16.8 Å². The highest BCUT2D eigenvalue weighted by atomic mass is 32.2. The average molecular weight is 473 g/mol. The number of aromatic nitrogens is 2. The Hall–Kier alpha value is -2.85. The third-order valence-corrected chi connectivity index (χ3v) is 7.61. The minimum Gasteiger partial charge on any atom is -0.484 e. The number of carbonyl (C=O) groups excluding carboxylic acids is 1. The van der Waals surface area contributed by atoms with Crippen molar-refractivity contribution in [2.45, 2.75) is 17.9 Å². The van der Waals surface area contributed by atoms with E-state index in [1.165, 1.54) is 11.0 Å².